The van der Waals surface area contributed by atoms with E-state index in [4.69, 9.17) is 11.0 Å². The van der Waals surface area contributed by atoms with Gasteiger partial charge in [0.2, 0.25) is 0 Å². The SMILES string of the molecule is N#Cc1cccc(CCCC(N)c2ccc([N+](=O)[O-])cc2)c1. The van der Waals surface area contributed by atoms with Crippen LogP contribution in [0.25, 0.3) is 0 Å². The van der Waals surface area contributed by atoms with E-state index >= 15 is 0 Å². The monoisotopic (exact) mass is 295 g/mol. The van der Waals surface area contributed by atoms with E-state index in [0.29, 0.717) is 5.56 Å². The van der Waals surface area contributed by atoms with Crippen molar-refractivity contribution in [2.75, 3.05) is 0 Å². The molecule has 0 aliphatic heterocycles. The topological polar surface area (TPSA) is 93.0 Å². The van der Waals surface area contributed by atoms with Gasteiger partial charge in [0.25, 0.3) is 5.69 Å². The van der Waals surface area contributed by atoms with Crippen molar-refractivity contribution in [1.29, 1.82) is 5.26 Å². The number of non-ortho nitro benzene ring substituents is 1. The van der Waals surface area contributed by atoms with Gasteiger partial charge in [0, 0.05) is 18.2 Å². The van der Waals surface area contributed by atoms with Crippen molar-refractivity contribution in [3.63, 3.8) is 0 Å². The quantitative estimate of drug-likeness (QED) is 0.652. The molecule has 0 aliphatic carbocycles. The van der Waals surface area contributed by atoms with Crippen LogP contribution in [0.1, 0.15) is 35.6 Å². The van der Waals surface area contributed by atoms with Crippen LogP contribution in [0.2, 0.25) is 0 Å². The van der Waals surface area contributed by atoms with Gasteiger partial charge >= 0.3 is 0 Å². The van der Waals surface area contributed by atoms with Crippen LogP contribution in [0.5, 0.6) is 0 Å². The molecule has 0 radical (unpaired) electrons. The lowest BCUT2D eigenvalue weighted by atomic mass is 9.99. The molecule has 2 aromatic carbocycles. The molecule has 2 N–H and O–H groups in total. The summed E-state index contributed by atoms with van der Waals surface area (Å²) in [6.07, 6.45) is 2.54. The van der Waals surface area contributed by atoms with Crippen molar-refractivity contribution in [1.82, 2.24) is 0 Å². The fraction of sp³-hybridized carbons (Fsp3) is 0.235. The van der Waals surface area contributed by atoms with Gasteiger partial charge in [-0.1, -0.05) is 24.3 Å². The molecule has 0 spiro atoms. The van der Waals surface area contributed by atoms with Crippen LogP contribution < -0.4 is 5.73 Å². The van der Waals surface area contributed by atoms with Crippen LogP contribution in [0, 0.1) is 21.4 Å². The number of nitro benzene ring substituents is 1. The van der Waals surface area contributed by atoms with E-state index in [9.17, 15) is 10.1 Å². The van der Waals surface area contributed by atoms with Crippen LogP contribution in [0.15, 0.2) is 48.5 Å². The third-order valence-electron chi connectivity index (χ3n) is 3.57. The second-order valence-corrected chi connectivity index (χ2v) is 5.16. The molecule has 0 bridgehead atoms. The van der Waals surface area contributed by atoms with Crippen LogP contribution >= 0.6 is 0 Å². The van der Waals surface area contributed by atoms with Gasteiger partial charge in [0.05, 0.1) is 16.6 Å². The average molecular weight is 295 g/mol. The minimum absolute atomic E-state index is 0.0734. The number of hydrogen-bond acceptors (Lipinski definition) is 4. The molecular weight excluding hydrogens is 278 g/mol. The Balaban J connectivity index is 1.88. The lowest BCUT2D eigenvalue weighted by Gasteiger charge is -2.11. The molecule has 1 unspecified atom stereocenters. The molecule has 0 saturated carbocycles. The van der Waals surface area contributed by atoms with Gasteiger partial charge in [-0.05, 0) is 42.5 Å². The lowest BCUT2D eigenvalue weighted by Crippen LogP contribution is -2.10. The number of nitrogens with two attached hydrogens (primary N) is 1. The number of nitro groups is 1. The number of hydrogen-bond donors (Lipinski definition) is 1. The lowest BCUT2D eigenvalue weighted by molar-refractivity contribution is -0.384. The molecule has 2 rings (SSSR count). The molecule has 5 heteroatoms. The number of rotatable bonds is 6. The largest absolute Gasteiger partial charge is 0.324 e. The summed E-state index contributed by atoms with van der Waals surface area (Å²) in [5.74, 6) is 0. The molecule has 0 fully saturated rings. The number of nitriles is 1. The van der Waals surface area contributed by atoms with Crippen LogP contribution in [0.4, 0.5) is 5.69 Å². The fourth-order valence-corrected chi connectivity index (χ4v) is 2.33. The van der Waals surface area contributed by atoms with Crippen molar-refractivity contribution >= 4 is 5.69 Å². The highest BCUT2D eigenvalue weighted by Gasteiger charge is 2.09. The summed E-state index contributed by atoms with van der Waals surface area (Å²) in [5, 5.41) is 19.5. The Morgan fingerprint density at radius 3 is 2.59 bits per heavy atom. The third kappa shape index (κ3) is 4.14. The van der Waals surface area contributed by atoms with Gasteiger partial charge in [-0.15, -0.1) is 0 Å². The van der Waals surface area contributed by atoms with Crippen LogP contribution in [-0.2, 0) is 6.42 Å². The second kappa shape index (κ2) is 7.34. The van der Waals surface area contributed by atoms with Crippen molar-refractivity contribution in [2.24, 2.45) is 5.73 Å². The Hall–Kier alpha value is -2.71. The molecule has 0 aliphatic rings. The molecule has 1 atom stereocenters. The maximum atomic E-state index is 10.6. The highest BCUT2D eigenvalue weighted by Crippen LogP contribution is 2.20. The first kappa shape index (κ1) is 15.7. The Labute approximate surface area is 129 Å². The highest BCUT2D eigenvalue weighted by molar-refractivity contribution is 5.34. The second-order valence-electron chi connectivity index (χ2n) is 5.16. The molecular formula is C17H17N3O2. The number of aryl methyl sites for hydroxylation is 1. The van der Waals surface area contributed by atoms with Crippen molar-refractivity contribution < 1.29 is 4.92 Å². The molecule has 0 heterocycles. The predicted molar refractivity (Wildman–Crippen MR) is 84.1 cm³/mol. The molecule has 2 aromatic rings. The van der Waals surface area contributed by atoms with Crippen molar-refractivity contribution in [2.45, 2.75) is 25.3 Å². The first-order valence-corrected chi connectivity index (χ1v) is 7.09. The van der Waals surface area contributed by atoms with Crippen molar-refractivity contribution in [3.05, 3.63) is 75.3 Å². The molecule has 112 valence electrons. The summed E-state index contributed by atoms with van der Waals surface area (Å²) in [5.41, 5.74) is 8.88. The molecule has 22 heavy (non-hydrogen) atoms. The zero-order chi connectivity index (χ0) is 15.9. The smallest absolute Gasteiger partial charge is 0.269 e. The molecule has 0 amide bonds. The van der Waals surface area contributed by atoms with Gasteiger partial charge < -0.3 is 5.73 Å². The fourth-order valence-electron chi connectivity index (χ4n) is 2.33. The standard InChI is InChI=1S/C17H17N3O2/c18-12-14-5-1-3-13(11-14)4-2-6-17(19)15-7-9-16(10-8-15)20(21)22/h1,3,5,7-11,17H,2,4,6,19H2. The van der Waals surface area contributed by atoms with E-state index in [1.54, 1.807) is 18.2 Å². The summed E-state index contributed by atoms with van der Waals surface area (Å²) in [4.78, 5) is 10.2. The maximum Gasteiger partial charge on any atom is 0.269 e. The summed E-state index contributed by atoms with van der Waals surface area (Å²) < 4.78 is 0. The van der Waals surface area contributed by atoms with Crippen LogP contribution in [-0.4, -0.2) is 4.92 Å². The minimum atomic E-state index is -0.419. The Kier molecular flexibility index (Phi) is 5.23. The van der Waals surface area contributed by atoms with Gasteiger partial charge in [0.15, 0.2) is 0 Å². The predicted octanol–water partition coefficient (Wildman–Crippen LogP) is 3.49. The van der Waals surface area contributed by atoms with Crippen LogP contribution in [0.3, 0.4) is 0 Å². The Morgan fingerprint density at radius 1 is 1.23 bits per heavy atom. The number of nitrogens with zero attached hydrogens (tertiary/aromatic N) is 2. The first-order chi connectivity index (χ1) is 10.6. The zero-order valence-corrected chi connectivity index (χ0v) is 12.1. The minimum Gasteiger partial charge on any atom is -0.324 e. The zero-order valence-electron chi connectivity index (χ0n) is 12.1. The Morgan fingerprint density at radius 2 is 1.95 bits per heavy atom. The Bertz CT molecular complexity index is 690. The van der Waals surface area contributed by atoms with Gasteiger partial charge in [-0.25, -0.2) is 0 Å². The van der Waals surface area contributed by atoms with Gasteiger partial charge in [-0.2, -0.15) is 5.26 Å². The summed E-state index contributed by atoms with van der Waals surface area (Å²) in [7, 11) is 0. The summed E-state index contributed by atoms with van der Waals surface area (Å²) >= 11 is 0. The van der Waals surface area contributed by atoms with E-state index in [2.05, 4.69) is 6.07 Å². The molecule has 5 nitrogen and oxygen atoms in total. The first-order valence-electron chi connectivity index (χ1n) is 7.09. The third-order valence-corrected chi connectivity index (χ3v) is 3.57. The van der Waals surface area contributed by atoms with E-state index in [0.717, 1.165) is 30.4 Å². The van der Waals surface area contributed by atoms with E-state index in [-0.39, 0.29) is 11.7 Å². The molecule has 0 aromatic heterocycles. The van der Waals surface area contributed by atoms with Crippen molar-refractivity contribution in [3.8, 4) is 6.07 Å². The summed E-state index contributed by atoms with van der Waals surface area (Å²) in [6.45, 7) is 0. The summed E-state index contributed by atoms with van der Waals surface area (Å²) in [6, 6.07) is 15.9. The number of benzene rings is 2. The highest BCUT2D eigenvalue weighted by atomic mass is 16.6. The maximum absolute atomic E-state index is 10.6. The average Bonchev–Trinajstić information content (AvgIpc) is 2.55. The van der Waals surface area contributed by atoms with E-state index in [1.165, 1.54) is 12.1 Å². The molecule has 0 saturated heterocycles. The van der Waals surface area contributed by atoms with Gasteiger partial charge in [-0.3, -0.25) is 10.1 Å². The van der Waals surface area contributed by atoms with Gasteiger partial charge in [0.1, 0.15) is 0 Å². The van der Waals surface area contributed by atoms with E-state index in [1.807, 2.05) is 18.2 Å². The van der Waals surface area contributed by atoms with E-state index < -0.39 is 4.92 Å². The normalized spacial score (nSPS) is 11.6.